The monoisotopic (exact) mass is 312 g/mol. The van der Waals surface area contributed by atoms with Gasteiger partial charge in [0.2, 0.25) is 0 Å². The molecule has 2 aromatic rings. The van der Waals surface area contributed by atoms with Gasteiger partial charge >= 0.3 is 0 Å². The zero-order valence-corrected chi connectivity index (χ0v) is 14.0. The Morgan fingerprint density at radius 2 is 2.13 bits per heavy atom. The molecular weight excluding hydrogens is 288 g/mol. The molecule has 0 aliphatic carbocycles. The minimum absolute atomic E-state index is 0.0875. The molecule has 0 atom stereocenters. The largest absolute Gasteiger partial charge is 0.348 e. The van der Waals surface area contributed by atoms with Crippen LogP contribution in [0.3, 0.4) is 0 Å². The van der Waals surface area contributed by atoms with E-state index < -0.39 is 0 Å². The van der Waals surface area contributed by atoms with Crippen molar-refractivity contribution in [3.8, 4) is 0 Å². The maximum atomic E-state index is 12.3. The Kier molecular flexibility index (Phi) is 6.09. The highest BCUT2D eigenvalue weighted by Gasteiger charge is 2.17. The average molecular weight is 312 g/mol. The van der Waals surface area contributed by atoms with Crippen LogP contribution in [-0.4, -0.2) is 27.2 Å². The second-order valence-corrected chi connectivity index (χ2v) is 5.46. The molecule has 0 saturated carbocycles. The van der Waals surface area contributed by atoms with Crippen LogP contribution in [-0.2, 0) is 0 Å². The Balaban J connectivity index is 1.95. The summed E-state index contributed by atoms with van der Waals surface area (Å²) in [6.45, 7) is 6.70. The first-order chi connectivity index (χ1) is 11.2. The molecule has 1 amide bonds. The molecule has 5 nitrogen and oxygen atoms in total. The summed E-state index contributed by atoms with van der Waals surface area (Å²) in [5.41, 5.74) is 2.58. The third-order valence-corrected chi connectivity index (χ3v) is 3.95. The van der Waals surface area contributed by atoms with E-state index in [-0.39, 0.29) is 5.91 Å². The molecule has 0 spiro atoms. The molecule has 0 unspecified atom stereocenters. The lowest BCUT2D eigenvalue weighted by atomic mass is 10.1. The van der Waals surface area contributed by atoms with Gasteiger partial charge in [0.05, 0.1) is 17.8 Å². The van der Waals surface area contributed by atoms with E-state index in [1.54, 1.807) is 18.6 Å². The van der Waals surface area contributed by atoms with Crippen LogP contribution >= 0.6 is 0 Å². The van der Waals surface area contributed by atoms with Gasteiger partial charge in [0.25, 0.3) is 5.91 Å². The number of nitrogens with one attached hydrogen (secondary N) is 1. The van der Waals surface area contributed by atoms with Crippen LogP contribution in [0, 0.1) is 6.92 Å². The molecule has 2 heterocycles. The molecule has 122 valence electrons. The van der Waals surface area contributed by atoms with Crippen LogP contribution in [0.5, 0.6) is 0 Å². The first kappa shape index (κ1) is 16.9. The van der Waals surface area contributed by atoms with E-state index in [0.717, 1.165) is 24.1 Å². The van der Waals surface area contributed by atoms with E-state index in [9.17, 15) is 4.79 Å². The van der Waals surface area contributed by atoms with Crippen molar-refractivity contribution in [1.82, 2.24) is 20.1 Å². The minimum atomic E-state index is -0.0875. The van der Waals surface area contributed by atoms with Crippen molar-refractivity contribution >= 4 is 12.0 Å². The number of pyridine rings is 1. The molecule has 0 radical (unpaired) electrons. The lowest BCUT2D eigenvalue weighted by Crippen LogP contribution is -2.24. The Labute approximate surface area is 137 Å². The number of amides is 1. The highest BCUT2D eigenvalue weighted by Crippen LogP contribution is 2.19. The second-order valence-electron chi connectivity index (χ2n) is 5.46. The van der Waals surface area contributed by atoms with Gasteiger partial charge in [-0.05, 0) is 31.4 Å². The normalized spacial score (nSPS) is 11.3. The molecule has 0 aromatic carbocycles. The lowest BCUT2D eigenvalue weighted by molar-refractivity contribution is 0.0957. The summed E-state index contributed by atoms with van der Waals surface area (Å²) in [5.74, 6) is -0.0875. The van der Waals surface area contributed by atoms with E-state index in [1.807, 2.05) is 35.9 Å². The average Bonchev–Trinajstić information content (AvgIpc) is 2.95. The highest BCUT2D eigenvalue weighted by molar-refractivity contribution is 5.95. The quantitative estimate of drug-likeness (QED) is 0.852. The summed E-state index contributed by atoms with van der Waals surface area (Å²) in [4.78, 5) is 16.3. The summed E-state index contributed by atoms with van der Waals surface area (Å²) in [7, 11) is 0. The molecule has 0 aliphatic heterocycles. The summed E-state index contributed by atoms with van der Waals surface area (Å²) in [6.07, 6.45) is 11.0. The van der Waals surface area contributed by atoms with E-state index >= 15 is 0 Å². The van der Waals surface area contributed by atoms with Gasteiger partial charge < -0.3 is 5.32 Å². The van der Waals surface area contributed by atoms with Gasteiger partial charge in [-0.2, -0.15) is 5.10 Å². The van der Waals surface area contributed by atoms with Crippen LogP contribution in [0.1, 0.15) is 54.3 Å². The Morgan fingerprint density at radius 3 is 2.78 bits per heavy atom. The summed E-state index contributed by atoms with van der Waals surface area (Å²) in [5, 5.41) is 7.28. The minimum Gasteiger partial charge on any atom is -0.348 e. The van der Waals surface area contributed by atoms with Crippen LogP contribution in [0.2, 0.25) is 0 Å². The van der Waals surface area contributed by atoms with Gasteiger partial charge in [0, 0.05) is 24.6 Å². The topological polar surface area (TPSA) is 59.8 Å². The number of hydrogen-bond acceptors (Lipinski definition) is 3. The lowest BCUT2D eigenvalue weighted by Gasteiger charge is -2.15. The molecular formula is C18H24N4O. The fraction of sp³-hybridized carbons (Fsp3) is 0.389. The fourth-order valence-electron chi connectivity index (χ4n) is 2.57. The van der Waals surface area contributed by atoms with Crippen molar-refractivity contribution in [2.75, 3.05) is 6.54 Å². The molecule has 0 aliphatic rings. The van der Waals surface area contributed by atoms with E-state index in [2.05, 4.69) is 29.2 Å². The summed E-state index contributed by atoms with van der Waals surface area (Å²) >= 11 is 0. The zero-order chi connectivity index (χ0) is 16.7. The third kappa shape index (κ3) is 4.28. The second kappa shape index (κ2) is 8.27. The molecule has 2 aromatic heterocycles. The molecule has 2 rings (SSSR count). The number of aromatic nitrogens is 3. The molecule has 1 N–H and O–H groups in total. The van der Waals surface area contributed by atoms with Crippen molar-refractivity contribution in [2.45, 2.75) is 39.7 Å². The van der Waals surface area contributed by atoms with Crippen molar-refractivity contribution in [3.63, 3.8) is 0 Å². The zero-order valence-electron chi connectivity index (χ0n) is 14.0. The first-order valence-corrected chi connectivity index (χ1v) is 8.06. The number of rotatable bonds is 7. The molecule has 0 bridgehead atoms. The van der Waals surface area contributed by atoms with Crippen LogP contribution in [0.4, 0.5) is 0 Å². The summed E-state index contributed by atoms with van der Waals surface area (Å²) < 4.78 is 1.96. The Bertz CT molecular complexity index is 657. The van der Waals surface area contributed by atoms with Crippen LogP contribution in [0.15, 0.2) is 36.8 Å². The van der Waals surface area contributed by atoms with Gasteiger partial charge in [0.1, 0.15) is 0 Å². The number of nitrogens with zero attached hydrogens (tertiary/aromatic N) is 3. The van der Waals surface area contributed by atoms with Gasteiger partial charge in [-0.25, -0.2) is 0 Å². The van der Waals surface area contributed by atoms with Crippen molar-refractivity contribution in [1.29, 1.82) is 0 Å². The summed E-state index contributed by atoms with van der Waals surface area (Å²) in [6, 6.07) is 4.20. The van der Waals surface area contributed by atoms with Crippen molar-refractivity contribution < 1.29 is 4.79 Å². The maximum absolute atomic E-state index is 12.3. The van der Waals surface area contributed by atoms with E-state index in [1.165, 1.54) is 0 Å². The molecule has 23 heavy (non-hydrogen) atoms. The smallest absolute Gasteiger partial charge is 0.254 e. The highest BCUT2D eigenvalue weighted by atomic mass is 16.1. The molecule has 0 fully saturated rings. The van der Waals surface area contributed by atoms with E-state index in [4.69, 9.17) is 0 Å². The maximum Gasteiger partial charge on any atom is 0.254 e. The predicted molar refractivity (Wildman–Crippen MR) is 92.2 cm³/mol. The van der Waals surface area contributed by atoms with Gasteiger partial charge in [-0.1, -0.05) is 32.1 Å². The first-order valence-electron chi connectivity index (χ1n) is 8.06. The predicted octanol–water partition coefficient (Wildman–Crippen LogP) is 3.39. The van der Waals surface area contributed by atoms with Crippen molar-refractivity contribution in [3.05, 3.63) is 53.6 Å². The number of carbonyl (C=O) groups is 1. The third-order valence-electron chi connectivity index (χ3n) is 3.95. The van der Waals surface area contributed by atoms with Gasteiger partial charge in [0.15, 0.2) is 0 Å². The molecule has 0 saturated heterocycles. The number of hydrogen-bond donors (Lipinski definition) is 1. The van der Waals surface area contributed by atoms with Crippen molar-refractivity contribution in [2.24, 2.45) is 0 Å². The van der Waals surface area contributed by atoms with Gasteiger partial charge in [-0.15, -0.1) is 0 Å². The van der Waals surface area contributed by atoms with E-state index in [0.29, 0.717) is 18.2 Å². The Morgan fingerprint density at radius 1 is 1.35 bits per heavy atom. The fourth-order valence-corrected chi connectivity index (χ4v) is 2.57. The van der Waals surface area contributed by atoms with Crippen LogP contribution < -0.4 is 5.32 Å². The standard InChI is InChI=1S/C18H24N4O/c1-4-16(5-2)22-14(3)17(13-21-22)18(23)20-11-7-9-15-8-6-10-19-12-15/h6-10,12-13,16H,4-5,11H2,1-3H3,(H,20,23)/b9-7+. The number of carbonyl (C=O) groups excluding carboxylic acids is 1. The van der Waals surface area contributed by atoms with Crippen LogP contribution in [0.25, 0.3) is 6.08 Å². The Hall–Kier alpha value is -2.43. The molecule has 5 heteroatoms. The SMILES string of the molecule is CCC(CC)n1ncc(C(=O)NC/C=C/c2cccnc2)c1C. The van der Waals surface area contributed by atoms with Gasteiger partial charge in [-0.3, -0.25) is 14.5 Å².